The Kier molecular flexibility index (Phi) is 3.05. The first-order valence-corrected chi connectivity index (χ1v) is 5.47. The average molecular weight is 219 g/mol. The summed E-state index contributed by atoms with van der Waals surface area (Å²) in [5, 5.41) is 8.55. The minimum atomic E-state index is 0.542. The van der Waals surface area contributed by atoms with Crippen LogP contribution in [0.3, 0.4) is 0 Å². The van der Waals surface area contributed by atoms with Crippen molar-refractivity contribution in [2.24, 2.45) is 5.73 Å². The van der Waals surface area contributed by atoms with E-state index in [1.165, 1.54) is 0 Å². The third-order valence-corrected chi connectivity index (χ3v) is 2.77. The number of aromatic nitrogens is 4. The fourth-order valence-electron chi connectivity index (χ4n) is 1.68. The molecule has 0 saturated carbocycles. The van der Waals surface area contributed by atoms with Gasteiger partial charge < -0.3 is 5.73 Å². The quantitative estimate of drug-likeness (QED) is 0.831. The van der Waals surface area contributed by atoms with E-state index < -0.39 is 0 Å². The van der Waals surface area contributed by atoms with Crippen LogP contribution in [0.1, 0.15) is 23.7 Å². The van der Waals surface area contributed by atoms with Crippen molar-refractivity contribution >= 4 is 0 Å². The van der Waals surface area contributed by atoms with Gasteiger partial charge in [-0.3, -0.25) is 9.36 Å². The largest absolute Gasteiger partial charge is 0.326 e. The van der Waals surface area contributed by atoms with Crippen molar-refractivity contribution < 1.29 is 0 Å². The lowest BCUT2D eigenvalue weighted by Gasteiger charge is -2.02. The van der Waals surface area contributed by atoms with Crippen LogP contribution in [0.5, 0.6) is 0 Å². The van der Waals surface area contributed by atoms with Gasteiger partial charge in [-0.25, -0.2) is 0 Å². The summed E-state index contributed by atoms with van der Waals surface area (Å²) in [6.07, 6.45) is 5.76. The molecular formula is C11H17N5. The van der Waals surface area contributed by atoms with Gasteiger partial charge in [0, 0.05) is 36.1 Å². The van der Waals surface area contributed by atoms with Gasteiger partial charge in [-0.2, -0.15) is 10.2 Å². The first-order valence-electron chi connectivity index (χ1n) is 5.47. The highest BCUT2D eigenvalue weighted by atomic mass is 15.3. The molecule has 0 amide bonds. The molecule has 0 aliphatic heterocycles. The lowest BCUT2D eigenvalue weighted by molar-refractivity contribution is 0.649. The van der Waals surface area contributed by atoms with E-state index in [1.54, 1.807) is 0 Å². The lowest BCUT2D eigenvalue weighted by atomic mass is 10.2. The van der Waals surface area contributed by atoms with E-state index in [1.807, 2.05) is 34.9 Å². The first kappa shape index (κ1) is 10.9. The van der Waals surface area contributed by atoms with Gasteiger partial charge in [0.25, 0.3) is 0 Å². The zero-order valence-corrected chi connectivity index (χ0v) is 9.72. The summed E-state index contributed by atoms with van der Waals surface area (Å²) in [5.41, 5.74) is 9.01. The van der Waals surface area contributed by atoms with E-state index in [4.69, 9.17) is 5.73 Å². The van der Waals surface area contributed by atoms with Gasteiger partial charge in [-0.15, -0.1) is 0 Å². The van der Waals surface area contributed by atoms with Crippen molar-refractivity contribution in [3.05, 3.63) is 35.4 Å². The Hall–Kier alpha value is -1.62. The Morgan fingerprint density at radius 2 is 2.12 bits per heavy atom. The molecule has 5 heteroatoms. The van der Waals surface area contributed by atoms with Gasteiger partial charge in [-0.05, 0) is 13.8 Å². The van der Waals surface area contributed by atoms with Crippen LogP contribution in [0.4, 0.5) is 0 Å². The Labute approximate surface area is 94.9 Å². The number of nitrogens with two attached hydrogens (primary N) is 1. The molecular weight excluding hydrogens is 202 g/mol. The predicted octanol–water partition coefficient (Wildman–Crippen LogP) is 0.915. The van der Waals surface area contributed by atoms with E-state index in [2.05, 4.69) is 17.1 Å². The number of nitrogens with zero attached hydrogens (tertiary/aromatic N) is 4. The molecule has 16 heavy (non-hydrogen) atoms. The highest BCUT2D eigenvalue weighted by Crippen LogP contribution is 2.09. The molecule has 0 spiro atoms. The summed E-state index contributed by atoms with van der Waals surface area (Å²) in [4.78, 5) is 0. The van der Waals surface area contributed by atoms with E-state index >= 15 is 0 Å². The summed E-state index contributed by atoms with van der Waals surface area (Å²) in [6.45, 7) is 6.31. The second kappa shape index (κ2) is 4.49. The molecule has 2 heterocycles. The van der Waals surface area contributed by atoms with Crippen LogP contribution in [0, 0.1) is 6.92 Å². The molecule has 2 aromatic rings. The lowest BCUT2D eigenvalue weighted by Crippen LogP contribution is -2.05. The fraction of sp³-hybridized carbons (Fsp3) is 0.455. The normalized spacial score (nSPS) is 10.9. The van der Waals surface area contributed by atoms with E-state index in [0.717, 1.165) is 29.9 Å². The van der Waals surface area contributed by atoms with Gasteiger partial charge in [0.2, 0.25) is 0 Å². The van der Waals surface area contributed by atoms with Crippen molar-refractivity contribution in [1.29, 1.82) is 0 Å². The minimum absolute atomic E-state index is 0.542. The van der Waals surface area contributed by atoms with Crippen LogP contribution in [0.2, 0.25) is 0 Å². The maximum atomic E-state index is 5.61. The third-order valence-electron chi connectivity index (χ3n) is 2.77. The van der Waals surface area contributed by atoms with Gasteiger partial charge in [-0.1, -0.05) is 0 Å². The van der Waals surface area contributed by atoms with Crippen LogP contribution in [0.25, 0.3) is 0 Å². The predicted molar refractivity (Wildman–Crippen MR) is 61.9 cm³/mol. The Bertz CT molecular complexity index is 468. The van der Waals surface area contributed by atoms with Crippen molar-refractivity contribution in [3.8, 4) is 0 Å². The summed E-state index contributed by atoms with van der Waals surface area (Å²) in [7, 11) is 0. The van der Waals surface area contributed by atoms with Gasteiger partial charge >= 0.3 is 0 Å². The average Bonchev–Trinajstić information content (AvgIpc) is 2.88. The number of rotatable bonds is 4. The maximum absolute atomic E-state index is 5.61. The molecule has 5 nitrogen and oxygen atoms in total. The topological polar surface area (TPSA) is 61.7 Å². The molecule has 0 saturated heterocycles. The molecule has 2 aromatic heterocycles. The Morgan fingerprint density at radius 3 is 2.69 bits per heavy atom. The summed E-state index contributed by atoms with van der Waals surface area (Å²) in [5.74, 6) is 0. The van der Waals surface area contributed by atoms with Crippen molar-refractivity contribution in [2.45, 2.75) is 33.5 Å². The van der Waals surface area contributed by atoms with Crippen LogP contribution >= 0.6 is 0 Å². The highest BCUT2D eigenvalue weighted by Gasteiger charge is 2.06. The third kappa shape index (κ3) is 1.99. The standard InChI is InChI=1S/C11H17N5/c1-3-15-7-10(5-13-15)8-16-9(2)11(4-12)6-14-16/h5-7H,3-4,8,12H2,1-2H3. The maximum Gasteiger partial charge on any atom is 0.0693 e. The highest BCUT2D eigenvalue weighted by molar-refractivity contribution is 5.17. The number of hydrogen-bond acceptors (Lipinski definition) is 3. The summed E-state index contributed by atoms with van der Waals surface area (Å²) < 4.78 is 3.87. The zero-order valence-electron chi connectivity index (χ0n) is 9.72. The van der Waals surface area contributed by atoms with Crippen LogP contribution in [-0.4, -0.2) is 19.6 Å². The fourth-order valence-corrected chi connectivity index (χ4v) is 1.68. The second-order valence-corrected chi connectivity index (χ2v) is 3.82. The van der Waals surface area contributed by atoms with Gasteiger partial charge in [0.05, 0.1) is 18.9 Å². The SMILES string of the molecule is CCn1cc(Cn2ncc(CN)c2C)cn1. The Balaban J connectivity index is 2.17. The molecule has 0 aromatic carbocycles. The molecule has 86 valence electrons. The van der Waals surface area contributed by atoms with Crippen molar-refractivity contribution in [3.63, 3.8) is 0 Å². The van der Waals surface area contributed by atoms with Crippen LogP contribution in [0.15, 0.2) is 18.6 Å². The molecule has 0 fully saturated rings. The molecule has 0 aliphatic carbocycles. The van der Waals surface area contributed by atoms with Crippen LogP contribution < -0.4 is 5.73 Å². The minimum Gasteiger partial charge on any atom is -0.326 e. The van der Waals surface area contributed by atoms with E-state index in [0.29, 0.717) is 6.54 Å². The molecule has 0 unspecified atom stereocenters. The zero-order chi connectivity index (χ0) is 11.5. The first-order chi connectivity index (χ1) is 7.74. The summed E-state index contributed by atoms with van der Waals surface area (Å²) >= 11 is 0. The molecule has 0 atom stereocenters. The molecule has 2 rings (SSSR count). The molecule has 2 N–H and O–H groups in total. The second-order valence-electron chi connectivity index (χ2n) is 3.82. The van der Waals surface area contributed by atoms with Crippen molar-refractivity contribution in [2.75, 3.05) is 0 Å². The molecule has 0 radical (unpaired) electrons. The molecule has 0 bridgehead atoms. The van der Waals surface area contributed by atoms with E-state index in [9.17, 15) is 0 Å². The number of hydrogen-bond donors (Lipinski definition) is 1. The summed E-state index contributed by atoms with van der Waals surface area (Å²) in [6, 6.07) is 0. The molecule has 0 aliphatic rings. The Morgan fingerprint density at radius 1 is 1.31 bits per heavy atom. The number of aryl methyl sites for hydroxylation is 1. The monoisotopic (exact) mass is 219 g/mol. The van der Waals surface area contributed by atoms with Gasteiger partial charge in [0.1, 0.15) is 0 Å². The van der Waals surface area contributed by atoms with E-state index in [-0.39, 0.29) is 0 Å². The van der Waals surface area contributed by atoms with Crippen LogP contribution in [-0.2, 0) is 19.6 Å². The smallest absolute Gasteiger partial charge is 0.0693 e. The van der Waals surface area contributed by atoms with Crippen molar-refractivity contribution in [1.82, 2.24) is 19.6 Å². The van der Waals surface area contributed by atoms with Gasteiger partial charge in [0.15, 0.2) is 0 Å².